The predicted molar refractivity (Wildman–Crippen MR) is 71.9 cm³/mol. The summed E-state index contributed by atoms with van der Waals surface area (Å²) >= 11 is 0. The van der Waals surface area contributed by atoms with Crippen molar-refractivity contribution in [3.63, 3.8) is 0 Å². The number of carbonyl (C=O) groups excluding carboxylic acids is 2. The second kappa shape index (κ2) is 6.69. The highest BCUT2D eigenvalue weighted by Crippen LogP contribution is 2.12. The van der Waals surface area contributed by atoms with Crippen LogP contribution in [0.3, 0.4) is 0 Å². The fourth-order valence-electron chi connectivity index (χ4n) is 1.73. The van der Waals surface area contributed by atoms with E-state index in [0.29, 0.717) is 5.76 Å². The molecule has 6 heteroatoms. The third-order valence-electron chi connectivity index (χ3n) is 2.78. The molecule has 2 aromatic rings. The molecule has 0 fully saturated rings. The SMILES string of the molecule is C[C@H](NC(=O)COC(=O)c1ccccc1F)c1ccco1. The molecule has 0 saturated heterocycles. The van der Waals surface area contributed by atoms with Crippen molar-refractivity contribution in [1.29, 1.82) is 0 Å². The molecular weight excluding hydrogens is 277 g/mol. The normalized spacial score (nSPS) is 11.7. The number of ether oxygens (including phenoxy) is 1. The van der Waals surface area contributed by atoms with Gasteiger partial charge in [0.2, 0.25) is 0 Å². The summed E-state index contributed by atoms with van der Waals surface area (Å²) in [4.78, 5) is 23.3. The smallest absolute Gasteiger partial charge is 0.341 e. The molecule has 2 rings (SSSR count). The molecule has 1 amide bonds. The molecule has 0 bridgehead atoms. The number of amides is 1. The van der Waals surface area contributed by atoms with E-state index in [-0.39, 0.29) is 11.6 Å². The molecule has 5 nitrogen and oxygen atoms in total. The van der Waals surface area contributed by atoms with Crippen LogP contribution in [-0.2, 0) is 9.53 Å². The van der Waals surface area contributed by atoms with E-state index in [2.05, 4.69) is 5.32 Å². The highest BCUT2D eigenvalue weighted by molar-refractivity contribution is 5.91. The van der Waals surface area contributed by atoms with Crippen LogP contribution in [0.2, 0.25) is 0 Å². The minimum atomic E-state index is -0.881. The van der Waals surface area contributed by atoms with Crippen LogP contribution in [0.25, 0.3) is 0 Å². The van der Waals surface area contributed by atoms with Gasteiger partial charge in [0.25, 0.3) is 5.91 Å². The van der Waals surface area contributed by atoms with Crippen LogP contribution in [0.4, 0.5) is 4.39 Å². The Morgan fingerprint density at radius 1 is 1.29 bits per heavy atom. The van der Waals surface area contributed by atoms with E-state index in [1.165, 1.54) is 24.5 Å². The van der Waals surface area contributed by atoms with Gasteiger partial charge in [0.15, 0.2) is 6.61 Å². The van der Waals surface area contributed by atoms with Crippen molar-refractivity contribution in [3.05, 3.63) is 59.8 Å². The van der Waals surface area contributed by atoms with Gasteiger partial charge in [0, 0.05) is 0 Å². The van der Waals surface area contributed by atoms with Gasteiger partial charge in [-0.15, -0.1) is 0 Å². The Kier molecular flexibility index (Phi) is 4.71. The lowest BCUT2D eigenvalue weighted by Crippen LogP contribution is -2.31. The second-order valence-corrected chi connectivity index (χ2v) is 4.36. The molecule has 1 N–H and O–H groups in total. The van der Waals surface area contributed by atoms with E-state index in [4.69, 9.17) is 9.15 Å². The number of furan rings is 1. The summed E-state index contributed by atoms with van der Waals surface area (Å²) in [6, 6.07) is 8.49. The van der Waals surface area contributed by atoms with Crippen LogP contribution >= 0.6 is 0 Å². The third kappa shape index (κ3) is 3.92. The molecule has 1 aromatic carbocycles. The fraction of sp³-hybridized carbons (Fsp3) is 0.200. The average Bonchev–Trinajstić information content (AvgIpc) is 2.99. The first-order chi connectivity index (χ1) is 10.1. The first-order valence-electron chi connectivity index (χ1n) is 6.32. The maximum Gasteiger partial charge on any atom is 0.341 e. The van der Waals surface area contributed by atoms with Crippen molar-refractivity contribution < 1.29 is 23.1 Å². The summed E-state index contributed by atoms with van der Waals surface area (Å²) in [5.74, 6) is -1.48. The van der Waals surface area contributed by atoms with Gasteiger partial charge in [0.1, 0.15) is 11.6 Å². The lowest BCUT2D eigenvalue weighted by Gasteiger charge is -2.11. The number of esters is 1. The monoisotopic (exact) mass is 291 g/mol. The number of rotatable bonds is 5. The minimum absolute atomic E-state index is 0.204. The van der Waals surface area contributed by atoms with E-state index in [1.54, 1.807) is 19.1 Å². The molecular formula is C15H14FNO4. The van der Waals surface area contributed by atoms with Gasteiger partial charge in [-0.25, -0.2) is 9.18 Å². The quantitative estimate of drug-likeness (QED) is 0.859. The number of nitrogens with one attached hydrogen (secondary N) is 1. The topological polar surface area (TPSA) is 68.5 Å². The fourth-order valence-corrected chi connectivity index (χ4v) is 1.73. The van der Waals surface area contributed by atoms with Gasteiger partial charge in [-0.1, -0.05) is 12.1 Å². The maximum absolute atomic E-state index is 13.3. The van der Waals surface area contributed by atoms with Gasteiger partial charge >= 0.3 is 5.97 Å². The molecule has 0 spiro atoms. The van der Waals surface area contributed by atoms with E-state index in [0.717, 1.165) is 6.07 Å². The molecule has 1 atom stereocenters. The van der Waals surface area contributed by atoms with E-state index >= 15 is 0 Å². The number of benzene rings is 1. The molecule has 0 aliphatic heterocycles. The third-order valence-corrected chi connectivity index (χ3v) is 2.78. The Hall–Kier alpha value is -2.63. The average molecular weight is 291 g/mol. The number of hydrogen-bond donors (Lipinski definition) is 1. The zero-order chi connectivity index (χ0) is 15.2. The molecule has 0 saturated carbocycles. The summed E-state index contributed by atoms with van der Waals surface area (Å²) in [6.45, 7) is 1.24. The van der Waals surface area contributed by atoms with Gasteiger partial charge in [0.05, 0.1) is 17.9 Å². The van der Waals surface area contributed by atoms with Crippen LogP contribution < -0.4 is 5.32 Å². The minimum Gasteiger partial charge on any atom is -0.467 e. The van der Waals surface area contributed by atoms with Crippen molar-refractivity contribution in [1.82, 2.24) is 5.32 Å². The van der Waals surface area contributed by atoms with E-state index in [9.17, 15) is 14.0 Å². The Labute approximate surface area is 120 Å². The molecule has 0 aliphatic carbocycles. The van der Waals surface area contributed by atoms with Crippen LogP contribution in [0.1, 0.15) is 29.1 Å². The number of hydrogen-bond acceptors (Lipinski definition) is 4. The summed E-state index contributed by atoms with van der Waals surface area (Å²) < 4.78 is 23.2. The summed E-state index contributed by atoms with van der Waals surface area (Å²) in [7, 11) is 0. The molecule has 1 aromatic heterocycles. The first kappa shape index (κ1) is 14.8. The lowest BCUT2D eigenvalue weighted by atomic mass is 10.2. The standard InChI is InChI=1S/C15H14FNO4/c1-10(13-7-4-8-20-13)17-14(18)9-21-15(19)11-5-2-3-6-12(11)16/h2-8,10H,9H2,1H3,(H,17,18)/t10-/m0/s1. The van der Waals surface area contributed by atoms with Gasteiger partial charge < -0.3 is 14.5 Å². The Morgan fingerprint density at radius 3 is 2.71 bits per heavy atom. The summed E-state index contributed by atoms with van der Waals surface area (Å²) in [5.41, 5.74) is -0.204. The second-order valence-electron chi connectivity index (χ2n) is 4.36. The van der Waals surface area contributed by atoms with Crippen LogP contribution in [0.5, 0.6) is 0 Å². The van der Waals surface area contributed by atoms with Crippen molar-refractivity contribution in [2.45, 2.75) is 13.0 Å². The van der Waals surface area contributed by atoms with Crippen molar-refractivity contribution >= 4 is 11.9 Å². The predicted octanol–water partition coefficient (Wildman–Crippen LogP) is 2.45. The molecule has 21 heavy (non-hydrogen) atoms. The summed E-state index contributed by atoms with van der Waals surface area (Å²) in [6.07, 6.45) is 1.50. The van der Waals surface area contributed by atoms with Crippen LogP contribution in [0.15, 0.2) is 47.1 Å². The Bertz CT molecular complexity index is 624. The van der Waals surface area contributed by atoms with Crippen LogP contribution in [-0.4, -0.2) is 18.5 Å². The van der Waals surface area contributed by atoms with Crippen molar-refractivity contribution in [2.75, 3.05) is 6.61 Å². The number of halogens is 1. The largest absolute Gasteiger partial charge is 0.467 e. The zero-order valence-electron chi connectivity index (χ0n) is 11.3. The molecule has 0 radical (unpaired) electrons. The Balaban J connectivity index is 1.84. The lowest BCUT2D eigenvalue weighted by molar-refractivity contribution is -0.125. The molecule has 1 heterocycles. The van der Waals surface area contributed by atoms with Crippen molar-refractivity contribution in [2.24, 2.45) is 0 Å². The highest BCUT2D eigenvalue weighted by atomic mass is 19.1. The maximum atomic E-state index is 13.3. The zero-order valence-corrected chi connectivity index (χ0v) is 11.3. The van der Waals surface area contributed by atoms with Gasteiger partial charge in [-0.2, -0.15) is 0 Å². The van der Waals surface area contributed by atoms with Gasteiger partial charge in [-0.05, 0) is 31.2 Å². The number of carbonyl (C=O) groups is 2. The van der Waals surface area contributed by atoms with Gasteiger partial charge in [-0.3, -0.25) is 4.79 Å². The van der Waals surface area contributed by atoms with E-state index in [1.807, 2.05) is 0 Å². The Morgan fingerprint density at radius 2 is 2.05 bits per heavy atom. The summed E-state index contributed by atoms with van der Waals surface area (Å²) in [5, 5.41) is 2.60. The molecule has 110 valence electrons. The molecule has 0 unspecified atom stereocenters. The van der Waals surface area contributed by atoms with Crippen molar-refractivity contribution in [3.8, 4) is 0 Å². The van der Waals surface area contributed by atoms with Crippen LogP contribution in [0, 0.1) is 5.82 Å². The molecule has 0 aliphatic rings. The van der Waals surface area contributed by atoms with E-state index < -0.39 is 24.3 Å². The first-order valence-corrected chi connectivity index (χ1v) is 6.32. The highest BCUT2D eigenvalue weighted by Gasteiger charge is 2.16.